The van der Waals surface area contributed by atoms with Crippen LogP contribution in [0.4, 0.5) is 16.4 Å². The fourth-order valence-corrected chi connectivity index (χ4v) is 9.03. The second-order valence-electron chi connectivity index (χ2n) is 9.75. The van der Waals surface area contributed by atoms with Crippen LogP contribution >= 0.6 is 11.3 Å². The van der Waals surface area contributed by atoms with E-state index in [1.165, 1.54) is 14.5 Å². The number of thiophene rings is 1. The third-order valence-electron chi connectivity index (χ3n) is 7.30. The summed E-state index contributed by atoms with van der Waals surface area (Å²) in [5.41, 5.74) is 5.89. The molecule has 5 heteroatoms. The Morgan fingerprint density at radius 1 is 0.833 bits per heavy atom. The van der Waals surface area contributed by atoms with Gasteiger partial charge in [-0.15, -0.1) is 0 Å². The molecule has 0 amide bonds. The summed E-state index contributed by atoms with van der Waals surface area (Å²) in [4.78, 5) is 29.9. The summed E-state index contributed by atoms with van der Waals surface area (Å²) in [6.45, 7) is 4.49. The summed E-state index contributed by atoms with van der Waals surface area (Å²) in [6.07, 6.45) is 1.81. The van der Waals surface area contributed by atoms with E-state index in [4.69, 9.17) is 0 Å². The van der Waals surface area contributed by atoms with Gasteiger partial charge in [-0.2, -0.15) is 0 Å². The van der Waals surface area contributed by atoms with E-state index in [2.05, 4.69) is 83.5 Å². The van der Waals surface area contributed by atoms with Crippen LogP contribution in [0, 0.1) is 0 Å². The van der Waals surface area contributed by atoms with Gasteiger partial charge < -0.3 is 0 Å². The van der Waals surface area contributed by atoms with Gasteiger partial charge in [0.05, 0.1) is 0 Å². The molecule has 7 rings (SSSR count). The van der Waals surface area contributed by atoms with Crippen molar-refractivity contribution < 1.29 is 9.59 Å². The number of carbonyl (C=O) groups excluding carboxylic acids is 2. The Bertz CT molecular complexity index is 1700. The van der Waals surface area contributed by atoms with Crippen molar-refractivity contribution in [2.24, 2.45) is 0 Å². The molecule has 0 unspecified atom stereocenters. The number of Topliss-reactive ketones (excluding diaryl/α,β-unsaturated/α-hetero) is 2. The Kier molecular flexibility index (Phi) is 4.82. The van der Waals surface area contributed by atoms with Crippen LogP contribution in [0.2, 0.25) is 0 Å². The van der Waals surface area contributed by atoms with Crippen LogP contribution in [0.1, 0.15) is 50.6 Å². The van der Waals surface area contributed by atoms with Gasteiger partial charge >= 0.3 is 194 Å². The number of hydrogen-bond acceptors (Lipinski definition) is 4. The number of ketones is 2. The second-order valence-corrected chi connectivity index (χ2v) is 13.5. The summed E-state index contributed by atoms with van der Waals surface area (Å²) in [5, 5.41) is 2.23. The van der Waals surface area contributed by atoms with Crippen LogP contribution in [0.5, 0.6) is 0 Å². The Balaban J connectivity index is 1.39. The summed E-state index contributed by atoms with van der Waals surface area (Å²) in [7, 11) is 0. The van der Waals surface area contributed by atoms with Crippen molar-refractivity contribution in [1.82, 2.24) is 0 Å². The van der Waals surface area contributed by atoms with E-state index >= 15 is 0 Å². The molecule has 2 aliphatic rings. The summed E-state index contributed by atoms with van der Waals surface area (Å²) in [5.74, 6) is -0.307. The Morgan fingerprint density at radius 2 is 1.56 bits per heavy atom. The molecular weight excluding hydrogens is 578 g/mol. The first kappa shape index (κ1) is 22.0. The molecule has 5 aromatic rings. The molecule has 0 saturated heterocycles. The van der Waals surface area contributed by atoms with Crippen molar-refractivity contribution in [3.05, 3.63) is 116 Å². The van der Waals surface area contributed by atoms with Crippen molar-refractivity contribution in [2.75, 3.05) is 4.90 Å². The summed E-state index contributed by atoms with van der Waals surface area (Å²) >= 11 is 1.24. The molecule has 1 aliphatic carbocycles. The number of benzene rings is 3. The predicted octanol–water partition coefficient (Wildman–Crippen LogP) is 7.53. The predicted molar refractivity (Wildman–Crippen MR) is 149 cm³/mol. The standard InChI is InChI=1S/C31H21NO2STe/c1-31(2)24-10-6-7-11-26(24)32(19-8-4-3-5-9-19)30-25(31)16-20(35-30)15-23-28(33)21-14-18-12-13-36-27(18)17-22(21)29(23)34/h3-17H,1-2H3/b23-15-. The number of fused-ring (bicyclic) bond motifs is 4. The molecule has 3 heterocycles. The van der Waals surface area contributed by atoms with Crippen molar-refractivity contribution in [1.29, 1.82) is 0 Å². The zero-order valence-corrected chi connectivity index (χ0v) is 22.9. The molecule has 0 N–H and O–H groups in total. The fourth-order valence-electron chi connectivity index (χ4n) is 5.42. The van der Waals surface area contributed by atoms with Gasteiger partial charge in [0, 0.05) is 0 Å². The zero-order chi connectivity index (χ0) is 24.6. The topological polar surface area (TPSA) is 37.4 Å². The first-order valence-corrected chi connectivity index (χ1v) is 15.2. The van der Waals surface area contributed by atoms with Crippen LogP contribution < -0.4 is 4.90 Å². The number of nitrogens with zero attached hydrogens (tertiary/aromatic N) is 1. The van der Waals surface area contributed by atoms with Gasteiger partial charge in [0.1, 0.15) is 0 Å². The first-order valence-electron chi connectivity index (χ1n) is 11.8. The minimum absolute atomic E-state index is 0.147. The molecule has 2 aromatic heterocycles. The van der Waals surface area contributed by atoms with Gasteiger partial charge in [0.2, 0.25) is 0 Å². The third-order valence-corrected chi connectivity index (χ3v) is 10.9. The van der Waals surface area contributed by atoms with Crippen molar-refractivity contribution in [2.45, 2.75) is 19.3 Å². The van der Waals surface area contributed by atoms with Gasteiger partial charge in [0.25, 0.3) is 0 Å². The molecule has 0 radical (unpaired) electrons. The van der Waals surface area contributed by atoms with E-state index in [1.54, 1.807) is 11.3 Å². The molecule has 0 fully saturated rings. The molecule has 0 atom stereocenters. The van der Waals surface area contributed by atoms with Gasteiger partial charge in [-0.05, 0) is 0 Å². The average Bonchev–Trinajstić information content (AvgIpc) is 3.58. The maximum absolute atomic E-state index is 13.3. The molecule has 36 heavy (non-hydrogen) atoms. The Hall–Kier alpha value is -3.23. The SMILES string of the molecule is CC1(C)c2ccccc2N(c2ccccc2)c2sc(/C=C3/C(=O)c4cc5cc[te]c5cc4C3=O)cc21. The number of hydrogen-bond donors (Lipinski definition) is 0. The normalized spacial score (nSPS) is 16.9. The van der Waals surface area contributed by atoms with Gasteiger partial charge in [-0.1, -0.05) is 30.3 Å². The Labute approximate surface area is 222 Å². The van der Waals surface area contributed by atoms with Crippen molar-refractivity contribution in [3.8, 4) is 0 Å². The molecule has 0 spiro atoms. The van der Waals surface area contributed by atoms with Crippen LogP contribution in [0.3, 0.4) is 0 Å². The van der Waals surface area contributed by atoms with E-state index in [9.17, 15) is 9.59 Å². The molecule has 3 aromatic carbocycles. The van der Waals surface area contributed by atoms with E-state index in [0.717, 1.165) is 26.6 Å². The number of para-hydroxylation sites is 2. The van der Waals surface area contributed by atoms with Crippen LogP contribution in [-0.4, -0.2) is 32.0 Å². The molecule has 3 nitrogen and oxygen atoms in total. The quantitative estimate of drug-likeness (QED) is 0.120. The van der Waals surface area contributed by atoms with E-state index in [-0.39, 0.29) is 22.6 Å². The molecular formula is C31H21NO2STe. The van der Waals surface area contributed by atoms with Crippen LogP contribution in [-0.2, 0) is 5.41 Å². The average molecular weight is 599 g/mol. The fraction of sp³-hybridized carbons (Fsp3) is 0.0968. The Morgan fingerprint density at radius 3 is 2.36 bits per heavy atom. The zero-order valence-electron chi connectivity index (χ0n) is 19.7. The molecule has 174 valence electrons. The molecule has 0 bridgehead atoms. The number of anilines is 3. The first-order chi connectivity index (χ1) is 17.4. The monoisotopic (exact) mass is 601 g/mol. The van der Waals surface area contributed by atoms with Crippen molar-refractivity contribution >= 4 is 74.6 Å². The van der Waals surface area contributed by atoms with Gasteiger partial charge in [0.15, 0.2) is 0 Å². The van der Waals surface area contributed by atoms with E-state index < -0.39 is 20.4 Å². The van der Waals surface area contributed by atoms with Gasteiger partial charge in [-0.25, -0.2) is 0 Å². The third kappa shape index (κ3) is 3.10. The number of carbonyl (C=O) groups is 2. The summed E-state index contributed by atoms with van der Waals surface area (Å²) in [6, 6.07) is 27.0. The second kappa shape index (κ2) is 7.88. The van der Waals surface area contributed by atoms with Crippen LogP contribution in [0.15, 0.2) is 88.5 Å². The van der Waals surface area contributed by atoms with Crippen molar-refractivity contribution in [3.63, 3.8) is 0 Å². The van der Waals surface area contributed by atoms with Crippen LogP contribution in [0.25, 0.3) is 14.9 Å². The minimum atomic E-state index is -0.396. The summed E-state index contributed by atoms with van der Waals surface area (Å²) < 4.78 is 3.44. The molecule has 1 aliphatic heterocycles. The van der Waals surface area contributed by atoms with E-state index in [1.807, 2.05) is 24.3 Å². The maximum atomic E-state index is 13.3. The van der Waals surface area contributed by atoms with Gasteiger partial charge in [-0.3, -0.25) is 0 Å². The number of rotatable bonds is 2. The van der Waals surface area contributed by atoms with E-state index in [0.29, 0.717) is 11.1 Å². The number of allylic oxidation sites excluding steroid dienone is 1. The molecule has 0 saturated carbocycles.